The molecule has 0 N–H and O–H groups in total. The Bertz CT molecular complexity index is 640. The summed E-state index contributed by atoms with van der Waals surface area (Å²) in [5.41, 5.74) is 4.44. The van der Waals surface area contributed by atoms with E-state index in [0.717, 1.165) is 35.5 Å². The average Bonchev–Trinajstić information content (AvgIpc) is 3.05. The molecule has 4 rings (SSSR count). The van der Waals surface area contributed by atoms with Crippen molar-refractivity contribution in [3.05, 3.63) is 23.8 Å². The van der Waals surface area contributed by atoms with Crippen LogP contribution < -0.4 is 0 Å². The van der Waals surface area contributed by atoms with E-state index in [9.17, 15) is 0 Å². The highest BCUT2D eigenvalue weighted by Crippen LogP contribution is 2.67. The molecule has 3 fully saturated rings. The van der Waals surface area contributed by atoms with Gasteiger partial charge in [-0.3, -0.25) is 0 Å². The van der Waals surface area contributed by atoms with Crippen molar-refractivity contribution in [2.24, 2.45) is 46.3 Å². The molecule has 4 aliphatic carbocycles. The summed E-state index contributed by atoms with van der Waals surface area (Å²) in [6, 6.07) is 0. The first-order valence-corrected chi connectivity index (χ1v) is 13.2. The Morgan fingerprint density at radius 2 is 1.90 bits per heavy atom. The Balaban J connectivity index is 1.48. The van der Waals surface area contributed by atoms with E-state index in [-0.39, 0.29) is 0 Å². The molecule has 0 aromatic heterocycles. The van der Waals surface area contributed by atoms with Crippen LogP contribution in [0.1, 0.15) is 112 Å². The minimum Gasteiger partial charge on any atom is -0.0999 e. The Kier molecular flexibility index (Phi) is 6.14. The van der Waals surface area contributed by atoms with Gasteiger partial charge in [0.25, 0.3) is 0 Å². The van der Waals surface area contributed by atoms with E-state index < -0.39 is 0 Å². The molecule has 0 heterocycles. The third-order valence-electron chi connectivity index (χ3n) is 10.9. The normalized spacial score (nSPS) is 43.6. The third-order valence-corrected chi connectivity index (χ3v) is 10.9. The van der Waals surface area contributed by atoms with Gasteiger partial charge in [-0.25, -0.2) is 0 Å². The molecule has 8 atom stereocenters. The van der Waals surface area contributed by atoms with Crippen LogP contribution in [0.25, 0.3) is 0 Å². The molecule has 3 saturated carbocycles. The van der Waals surface area contributed by atoms with Crippen molar-refractivity contribution in [1.29, 1.82) is 0 Å². The summed E-state index contributed by atoms with van der Waals surface area (Å²) in [7, 11) is 0. The first-order valence-electron chi connectivity index (χ1n) is 13.2. The quantitative estimate of drug-likeness (QED) is 0.393. The van der Waals surface area contributed by atoms with Crippen molar-refractivity contribution < 1.29 is 0 Å². The fraction of sp³-hybridized carbons (Fsp3) is 0.862. The zero-order valence-electron chi connectivity index (χ0n) is 20.2. The smallest absolute Gasteiger partial charge is 0.00853 e. The largest absolute Gasteiger partial charge is 0.0999 e. The van der Waals surface area contributed by atoms with E-state index in [1.807, 2.05) is 5.57 Å². The number of allylic oxidation sites excluding steroid dienone is 3. The zero-order chi connectivity index (χ0) is 20.8. The topological polar surface area (TPSA) is 0 Å². The Morgan fingerprint density at radius 1 is 1.10 bits per heavy atom. The molecular weight excluding hydrogens is 348 g/mol. The van der Waals surface area contributed by atoms with Gasteiger partial charge in [-0.05, 0) is 124 Å². The molecule has 164 valence electrons. The molecule has 0 saturated heterocycles. The van der Waals surface area contributed by atoms with Crippen molar-refractivity contribution in [3.8, 4) is 0 Å². The molecule has 4 aliphatic rings. The van der Waals surface area contributed by atoms with Crippen LogP contribution in [0.15, 0.2) is 23.8 Å². The van der Waals surface area contributed by atoms with Crippen molar-refractivity contribution in [1.82, 2.24) is 0 Å². The molecular formula is C29H48. The first kappa shape index (κ1) is 21.7. The maximum absolute atomic E-state index is 4.26. The van der Waals surface area contributed by atoms with Crippen molar-refractivity contribution in [3.63, 3.8) is 0 Å². The van der Waals surface area contributed by atoms with Crippen molar-refractivity contribution >= 4 is 0 Å². The van der Waals surface area contributed by atoms with Crippen LogP contribution in [-0.4, -0.2) is 0 Å². The predicted octanol–water partition coefficient (Wildman–Crippen LogP) is 8.97. The summed E-state index contributed by atoms with van der Waals surface area (Å²) in [6.45, 7) is 16.8. The Morgan fingerprint density at radius 3 is 2.62 bits per heavy atom. The predicted molar refractivity (Wildman–Crippen MR) is 127 cm³/mol. The fourth-order valence-corrected chi connectivity index (χ4v) is 9.14. The van der Waals surface area contributed by atoms with E-state index in [0.29, 0.717) is 10.8 Å². The maximum atomic E-state index is 4.26. The highest BCUT2D eigenvalue weighted by Gasteiger charge is 2.58. The van der Waals surface area contributed by atoms with Crippen LogP contribution in [0, 0.1) is 46.3 Å². The molecule has 0 aromatic carbocycles. The lowest BCUT2D eigenvalue weighted by atomic mass is 9.47. The summed E-state index contributed by atoms with van der Waals surface area (Å²) in [5, 5.41) is 0. The SMILES string of the molecule is C=C(C)[C@H](CC)CC[C@@H](C)[C@H]1CC[C@H]2[C@@H]3CC=C4CCCC[C@]4(C)[C@H]3CC[C@]12C. The Labute approximate surface area is 182 Å². The van der Waals surface area contributed by atoms with Gasteiger partial charge in [0.2, 0.25) is 0 Å². The van der Waals surface area contributed by atoms with Crippen LogP contribution in [0.2, 0.25) is 0 Å². The van der Waals surface area contributed by atoms with Gasteiger partial charge in [-0.15, -0.1) is 0 Å². The summed E-state index contributed by atoms with van der Waals surface area (Å²) in [6.07, 6.45) is 20.0. The van der Waals surface area contributed by atoms with Crippen LogP contribution in [-0.2, 0) is 0 Å². The van der Waals surface area contributed by atoms with Gasteiger partial charge < -0.3 is 0 Å². The summed E-state index contributed by atoms with van der Waals surface area (Å²) >= 11 is 0. The lowest BCUT2D eigenvalue weighted by Crippen LogP contribution is -2.50. The summed E-state index contributed by atoms with van der Waals surface area (Å²) in [5.74, 6) is 5.55. The van der Waals surface area contributed by atoms with E-state index in [2.05, 4.69) is 47.3 Å². The van der Waals surface area contributed by atoms with Gasteiger partial charge in [0.15, 0.2) is 0 Å². The number of fused-ring (bicyclic) bond motifs is 5. The second-order valence-corrected chi connectivity index (χ2v) is 12.2. The molecule has 0 aromatic rings. The van der Waals surface area contributed by atoms with Gasteiger partial charge in [0.1, 0.15) is 0 Å². The molecule has 0 unspecified atom stereocenters. The lowest BCUT2D eigenvalue weighted by molar-refractivity contribution is -0.0501. The zero-order valence-corrected chi connectivity index (χ0v) is 20.2. The molecule has 0 amide bonds. The lowest BCUT2D eigenvalue weighted by Gasteiger charge is -2.58. The van der Waals surface area contributed by atoms with E-state index >= 15 is 0 Å². The monoisotopic (exact) mass is 396 g/mol. The highest BCUT2D eigenvalue weighted by molar-refractivity contribution is 5.24. The second-order valence-electron chi connectivity index (χ2n) is 12.2. The minimum atomic E-state index is 0.558. The van der Waals surface area contributed by atoms with E-state index in [1.165, 1.54) is 82.6 Å². The van der Waals surface area contributed by atoms with Crippen LogP contribution in [0.4, 0.5) is 0 Å². The molecule has 0 spiro atoms. The summed E-state index contributed by atoms with van der Waals surface area (Å²) < 4.78 is 0. The standard InChI is InChI=1S/C29H48/c1-7-22(20(2)3)12-11-21(4)25-15-16-26-24-14-13-23-10-8-9-18-28(23,5)27(24)17-19-29(25,26)6/h13,21-22,24-27H,2,7-12,14-19H2,1,3-6H3/t21-,22-,24+,25-,26+,27+,28+,29-/m1/s1. The average molecular weight is 397 g/mol. The number of hydrogen-bond acceptors (Lipinski definition) is 0. The minimum absolute atomic E-state index is 0.558. The van der Waals surface area contributed by atoms with Crippen LogP contribution >= 0.6 is 0 Å². The van der Waals surface area contributed by atoms with Crippen LogP contribution in [0.3, 0.4) is 0 Å². The third kappa shape index (κ3) is 3.59. The second kappa shape index (κ2) is 8.20. The van der Waals surface area contributed by atoms with Gasteiger partial charge in [-0.2, -0.15) is 0 Å². The van der Waals surface area contributed by atoms with Gasteiger partial charge in [0.05, 0.1) is 0 Å². The number of rotatable bonds is 6. The molecule has 0 radical (unpaired) electrons. The van der Waals surface area contributed by atoms with E-state index in [1.54, 1.807) is 0 Å². The molecule has 0 heteroatoms. The fourth-order valence-electron chi connectivity index (χ4n) is 9.14. The highest BCUT2D eigenvalue weighted by atomic mass is 14.6. The Hall–Kier alpha value is -0.520. The van der Waals surface area contributed by atoms with Crippen molar-refractivity contribution in [2.45, 2.75) is 112 Å². The van der Waals surface area contributed by atoms with Gasteiger partial charge in [-0.1, -0.05) is 57.9 Å². The van der Waals surface area contributed by atoms with Crippen LogP contribution in [0.5, 0.6) is 0 Å². The molecule has 0 aliphatic heterocycles. The van der Waals surface area contributed by atoms with E-state index in [4.69, 9.17) is 0 Å². The molecule has 0 bridgehead atoms. The molecule has 29 heavy (non-hydrogen) atoms. The number of hydrogen-bond donors (Lipinski definition) is 0. The van der Waals surface area contributed by atoms with Gasteiger partial charge >= 0.3 is 0 Å². The maximum Gasteiger partial charge on any atom is -0.00853 e. The van der Waals surface area contributed by atoms with Crippen molar-refractivity contribution in [2.75, 3.05) is 0 Å². The summed E-state index contributed by atoms with van der Waals surface area (Å²) in [4.78, 5) is 0. The van der Waals surface area contributed by atoms with Gasteiger partial charge in [0, 0.05) is 0 Å². The first-order chi connectivity index (χ1) is 13.8. The molecule has 0 nitrogen and oxygen atoms in total.